The molecule has 15 heavy (non-hydrogen) atoms. The molecule has 1 fully saturated rings. The Morgan fingerprint density at radius 3 is 2.60 bits per heavy atom. The third kappa shape index (κ3) is 1.76. The van der Waals surface area contributed by atoms with Crippen LogP contribution in [-0.4, -0.2) is 19.6 Å². The summed E-state index contributed by atoms with van der Waals surface area (Å²) in [4.78, 5) is 0. The van der Waals surface area contributed by atoms with Crippen LogP contribution in [0.4, 0.5) is 5.69 Å². The lowest BCUT2D eigenvalue weighted by Crippen LogP contribution is -2.41. The summed E-state index contributed by atoms with van der Waals surface area (Å²) in [6.45, 7) is 3.46. The third-order valence-electron chi connectivity index (χ3n) is 3.68. The molecule has 0 radical (unpaired) electrons. The van der Waals surface area contributed by atoms with Gasteiger partial charge in [0.05, 0.1) is 0 Å². The molecule has 1 saturated heterocycles. The summed E-state index contributed by atoms with van der Waals surface area (Å²) in [6, 6.07) is 8.77. The first-order valence-electron chi connectivity index (χ1n) is 5.45. The van der Waals surface area contributed by atoms with E-state index in [0.717, 1.165) is 19.6 Å². The van der Waals surface area contributed by atoms with E-state index < -0.39 is 0 Å². The first-order valence-corrected chi connectivity index (χ1v) is 5.45. The van der Waals surface area contributed by atoms with Gasteiger partial charge in [-0.2, -0.15) is 0 Å². The Morgan fingerprint density at radius 2 is 1.80 bits per heavy atom. The van der Waals surface area contributed by atoms with E-state index in [2.05, 4.69) is 34.9 Å². The van der Waals surface area contributed by atoms with Crippen molar-refractivity contribution in [1.29, 1.82) is 0 Å². The number of para-hydroxylation sites is 1. The lowest BCUT2D eigenvalue weighted by atomic mass is 9.75. The molecule has 0 bridgehead atoms. The lowest BCUT2D eigenvalue weighted by molar-refractivity contribution is 0.335. The molecule has 0 saturated carbocycles. The van der Waals surface area contributed by atoms with Crippen LogP contribution in [0, 0.1) is 0 Å². The summed E-state index contributed by atoms with van der Waals surface area (Å²) in [5.41, 5.74) is 3.33. The minimum absolute atomic E-state index is 0. The highest BCUT2D eigenvalue weighted by Gasteiger charge is 2.39. The molecule has 82 valence electrons. The zero-order valence-corrected chi connectivity index (χ0v) is 11.1. The number of hydrogen-bond acceptors (Lipinski definition) is 2. The topological polar surface area (TPSA) is 24.1 Å². The SMILES string of the molecule is I.c1ccc2c(c1)NCC21CCNCC1. The average molecular weight is 316 g/mol. The van der Waals surface area contributed by atoms with Gasteiger partial charge in [-0.05, 0) is 37.6 Å². The van der Waals surface area contributed by atoms with E-state index in [4.69, 9.17) is 0 Å². The molecule has 1 spiro atoms. The van der Waals surface area contributed by atoms with E-state index in [9.17, 15) is 0 Å². The molecule has 0 aliphatic carbocycles. The standard InChI is InChI=1S/C12H16N2.HI/c1-2-4-11-10(3-1)12(9-14-11)5-7-13-8-6-12;/h1-4,13-14H,5-9H2;1H. The quantitative estimate of drug-likeness (QED) is 0.718. The highest BCUT2D eigenvalue weighted by Crippen LogP contribution is 2.42. The lowest BCUT2D eigenvalue weighted by Gasteiger charge is -2.33. The molecule has 2 aliphatic rings. The van der Waals surface area contributed by atoms with Gasteiger partial charge in [-0.15, -0.1) is 24.0 Å². The maximum absolute atomic E-state index is 3.53. The molecule has 2 heterocycles. The first kappa shape index (κ1) is 11.2. The molecule has 1 aromatic carbocycles. The molecule has 0 aromatic heterocycles. The Kier molecular flexibility index (Phi) is 3.21. The Morgan fingerprint density at radius 1 is 1.07 bits per heavy atom. The van der Waals surface area contributed by atoms with Gasteiger partial charge >= 0.3 is 0 Å². The van der Waals surface area contributed by atoms with Crippen LogP contribution in [0.3, 0.4) is 0 Å². The second-order valence-corrected chi connectivity index (χ2v) is 4.43. The molecule has 0 unspecified atom stereocenters. The maximum Gasteiger partial charge on any atom is 0.0379 e. The molecular weight excluding hydrogens is 299 g/mol. The summed E-state index contributed by atoms with van der Waals surface area (Å²) in [7, 11) is 0. The molecule has 0 atom stereocenters. The van der Waals surface area contributed by atoms with Gasteiger partial charge < -0.3 is 10.6 Å². The van der Waals surface area contributed by atoms with Crippen molar-refractivity contribution in [3.05, 3.63) is 29.8 Å². The largest absolute Gasteiger partial charge is 0.384 e. The van der Waals surface area contributed by atoms with Crippen molar-refractivity contribution in [1.82, 2.24) is 5.32 Å². The van der Waals surface area contributed by atoms with Crippen LogP contribution in [0.15, 0.2) is 24.3 Å². The fraction of sp³-hybridized carbons (Fsp3) is 0.500. The van der Waals surface area contributed by atoms with Gasteiger partial charge in [0.25, 0.3) is 0 Å². The van der Waals surface area contributed by atoms with Crippen molar-refractivity contribution >= 4 is 29.7 Å². The molecule has 0 amide bonds. The van der Waals surface area contributed by atoms with E-state index in [1.54, 1.807) is 5.56 Å². The minimum Gasteiger partial charge on any atom is -0.384 e. The molecule has 3 rings (SSSR count). The van der Waals surface area contributed by atoms with E-state index in [-0.39, 0.29) is 24.0 Å². The van der Waals surface area contributed by atoms with Gasteiger partial charge in [0.2, 0.25) is 0 Å². The number of hydrogen-bond donors (Lipinski definition) is 2. The first-order chi connectivity index (χ1) is 6.91. The fourth-order valence-electron chi connectivity index (χ4n) is 2.81. The van der Waals surface area contributed by atoms with Crippen molar-refractivity contribution in [2.45, 2.75) is 18.3 Å². The number of nitrogens with one attached hydrogen (secondary N) is 2. The van der Waals surface area contributed by atoms with Crippen LogP contribution in [0.1, 0.15) is 18.4 Å². The number of anilines is 1. The predicted octanol–water partition coefficient (Wildman–Crippen LogP) is 2.35. The smallest absolute Gasteiger partial charge is 0.0379 e. The highest BCUT2D eigenvalue weighted by molar-refractivity contribution is 14.0. The van der Waals surface area contributed by atoms with E-state index in [1.807, 2.05) is 0 Å². The van der Waals surface area contributed by atoms with Crippen LogP contribution in [0.25, 0.3) is 0 Å². The van der Waals surface area contributed by atoms with Crippen LogP contribution in [0.2, 0.25) is 0 Å². The highest BCUT2D eigenvalue weighted by atomic mass is 127. The zero-order chi connectivity index (χ0) is 9.43. The Labute approximate surface area is 108 Å². The monoisotopic (exact) mass is 316 g/mol. The minimum atomic E-state index is 0. The fourth-order valence-corrected chi connectivity index (χ4v) is 2.81. The van der Waals surface area contributed by atoms with Gasteiger partial charge in [0.1, 0.15) is 0 Å². The number of rotatable bonds is 0. The Hall–Kier alpha value is -0.290. The molecule has 3 heteroatoms. The van der Waals surface area contributed by atoms with E-state index >= 15 is 0 Å². The normalized spacial score (nSPS) is 21.6. The zero-order valence-electron chi connectivity index (χ0n) is 8.75. The predicted molar refractivity (Wildman–Crippen MR) is 74.1 cm³/mol. The van der Waals surface area contributed by atoms with Crippen molar-refractivity contribution in [3.8, 4) is 0 Å². The summed E-state index contributed by atoms with van der Waals surface area (Å²) in [5, 5.41) is 6.97. The number of halogens is 1. The summed E-state index contributed by atoms with van der Waals surface area (Å²) in [6.07, 6.45) is 2.55. The summed E-state index contributed by atoms with van der Waals surface area (Å²) >= 11 is 0. The third-order valence-corrected chi connectivity index (χ3v) is 3.68. The van der Waals surface area contributed by atoms with Crippen molar-refractivity contribution in [3.63, 3.8) is 0 Å². The summed E-state index contributed by atoms with van der Waals surface area (Å²) in [5.74, 6) is 0. The molecule has 1 aromatic rings. The van der Waals surface area contributed by atoms with Crippen LogP contribution >= 0.6 is 24.0 Å². The molecule has 2 nitrogen and oxygen atoms in total. The van der Waals surface area contributed by atoms with Gasteiger partial charge in [0.15, 0.2) is 0 Å². The second kappa shape index (κ2) is 4.29. The Bertz CT molecular complexity index is 340. The van der Waals surface area contributed by atoms with Gasteiger partial charge in [0, 0.05) is 17.6 Å². The number of piperidine rings is 1. The van der Waals surface area contributed by atoms with Crippen LogP contribution in [0.5, 0.6) is 0 Å². The molecule has 2 N–H and O–H groups in total. The Balaban J connectivity index is 0.000000853. The second-order valence-electron chi connectivity index (χ2n) is 4.43. The van der Waals surface area contributed by atoms with Crippen molar-refractivity contribution < 1.29 is 0 Å². The van der Waals surface area contributed by atoms with Crippen molar-refractivity contribution in [2.24, 2.45) is 0 Å². The van der Waals surface area contributed by atoms with E-state index in [1.165, 1.54) is 18.5 Å². The number of fused-ring (bicyclic) bond motifs is 2. The number of benzene rings is 1. The van der Waals surface area contributed by atoms with Gasteiger partial charge in [-0.3, -0.25) is 0 Å². The van der Waals surface area contributed by atoms with Crippen LogP contribution < -0.4 is 10.6 Å². The van der Waals surface area contributed by atoms with Gasteiger partial charge in [-0.25, -0.2) is 0 Å². The summed E-state index contributed by atoms with van der Waals surface area (Å²) < 4.78 is 0. The molecular formula is C12H17IN2. The van der Waals surface area contributed by atoms with Gasteiger partial charge in [-0.1, -0.05) is 18.2 Å². The van der Waals surface area contributed by atoms with E-state index in [0.29, 0.717) is 5.41 Å². The van der Waals surface area contributed by atoms with Crippen molar-refractivity contribution in [2.75, 3.05) is 25.0 Å². The molecule has 2 aliphatic heterocycles. The average Bonchev–Trinajstić information content (AvgIpc) is 2.60. The van der Waals surface area contributed by atoms with Crippen LogP contribution in [-0.2, 0) is 5.41 Å². The maximum atomic E-state index is 3.53.